The molecule has 4 nitrogen and oxygen atoms in total. The van der Waals surface area contributed by atoms with Crippen molar-refractivity contribution < 1.29 is 18.9 Å². The Bertz CT molecular complexity index is 226. The van der Waals surface area contributed by atoms with Gasteiger partial charge in [-0.2, -0.15) is 0 Å². The highest BCUT2D eigenvalue weighted by Gasteiger charge is 2.49. The first-order chi connectivity index (χ1) is 5.06. The minimum Gasteiger partial charge on any atom is -0.344 e. The van der Waals surface area contributed by atoms with Gasteiger partial charge in [-0.1, -0.05) is 6.92 Å². The molecule has 0 fully saturated rings. The van der Waals surface area contributed by atoms with Crippen molar-refractivity contribution in [3.63, 3.8) is 0 Å². The largest absolute Gasteiger partial charge is 0.344 e. The number of rotatable bonds is 3. The van der Waals surface area contributed by atoms with Crippen LogP contribution in [-0.4, -0.2) is 28.0 Å². The Morgan fingerprint density at radius 1 is 1.17 bits per heavy atom. The Kier molecular flexibility index (Phi) is 3.37. The predicted octanol–water partition coefficient (Wildman–Crippen LogP) is 1.91. The van der Waals surface area contributed by atoms with Gasteiger partial charge >= 0.3 is 0 Å². The predicted molar refractivity (Wildman–Crippen MR) is 50.2 cm³/mol. The van der Waals surface area contributed by atoms with Gasteiger partial charge in [-0.25, -0.2) is 0 Å². The first-order valence-electron chi connectivity index (χ1n) is 3.67. The van der Waals surface area contributed by atoms with Crippen LogP contribution < -0.4 is 0 Å². The summed E-state index contributed by atoms with van der Waals surface area (Å²) in [6.07, 6.45) is 0.224. The number of hydrogen-bond donors (Lipinski definition) is 2. The van der Waals surface area contributed by atoms with E-state index >= 15 is 0 Å². The summed E-state index contributed by atoms with van der Waals surface area (Å²) in [5.41, 5.74) is 0. The van der Waals surface area contributed by atoms with E-state index in [9.17, 15) is 18.9 Å². The van der Waals surface area contributed by atoms with Gasteiger partial charge in [0, 0.05) is 13.3 Å². The molecule has 0 saturated carbocycles. The molecule has 74 valence electrons. The van der Waals surface area contributed by atoms with Crippen molar-refractivity contribution in [3.8, 4) is 0 Å². The van der Waals surface area contributed by atoms with Gasteiger partial charge in [0.25, 0.3) is 0 Å². The number of hydrogen-bond acceptors (Lipinski definition) is 2. The highest BCUT2D eigenvalue weighted by molar-refractivity contribution is 7.77. The van der Waals surface area contributed by atoms with Crippen LogP contribution in [0.1, 0.15) is 20.3 Å². The topological polar surface area (TPSA) is 74.6 Å². The van der Waals surface area contributed by atoms with E-state index < -0.39 is 19.6 Å². The Labute approximate surface area is 72.9 Å². The molecular formula is C6H16O4P2. The summed E-state index contributed by atoms with van der Waals surface area (Å²) >= 11 is 0. The van der Waals surface area contributed by atoms with Crippen molar-refractivity contribution in [1.29, 1.82) is 0 Å². The molecule has 0 aromatic carbocycles. The van der Waals surface area contributed by atoms with Crippen LogP contribution in [0.25, 0.3) is 0 Å². The fourth-order valence-corrected chi connectivity index (χ4v) is 4.86. The van der Waals surface area contributed by atoms with Gasteiger partial charge in [-0.3, -0.25) is 9.13 Å². The summed E-state index contributed by atoms with van der Waals surface area (Å²) in [4.78, 5) is 17.2. The molecule has 0 aromatic rings. The molecule has 2 atom stereocenters. The molecule has 0 aliphatic rings. The molecular weight excluding hydrogens is 198 g/mol. The van der Waals surface area contributed by atoms with Crippen LogP contribution in [0, 0.1) is 0 Å². The smallest absolute Gasteiger partial charge is 0.212 e. The van der Waals surface area contributed by atoms with Gasteiger partial charge in [-0.05, 0) is 13.3 Å². The quantitative estimate of drug-likeness (QED) is 0.703. The zero-order chi connectivity index (χ0) is 10.2. The Morgan fingerprint density at radius 2 is 1.42 bits per heavy atom. The van der Waals surface area contributed by atoms with Gasteiger partial charge in [0.2, 0.25) is 14.7 Å². The van der Waals surface area contributed by atoms with Crippen LogP contribution in [0.3, 0.4) is 0 Å². The van der Waals surface area contributed by atoms with Crippen LogP contribution in [0.2, 0.25) is 0 Å². The zero-order valence-electron chi connectivity index (χ0n) is 7.81. The zero-order valence-corrected chi connectivity index (χ0v) is 9.60. The Morgan fingerprint density at radius 3 is 1.42 bits per heavy atom. The van der Waals surface area contributed by atoms with Crippen molar-refractivity contribution in [2.75, 3.05) is 13.3 Å². The van der Waals surface area contributed by atoms with Crippen molar-refractivity contribution in [3.05, 3.63) is 0 Å². The molecule has 0 heterocycles. The van der Waals surface area contributed by atoms with Gasteiger partial charge in [0.15, 0.2) is 0 Å². The summed E-state index contributed by atoms with van der Waals surface area (Å²) in [6, 6.07) is 0. The second kappa shape index (κ2) is 3.26. The molecule has 6 heteroatoms. The summed E-state index contributed by atoms with van der Waals surface area (Å²) in [5.74, 6) is 0. The maximum atomic E-state index is 11.3. The van der Waals surface area contributed by atoms with Crippen LogP contribution in [0.5, 0.6) is 0 Å². The molecule has 0 saturated heterocycles. The average Bonchev–Trinajstić information content (AvgIpc) is 1.81. The van der Waals surface area contributed by atoms with Crippen LogP contribution in [0.4, 0.5) is 0 Å². The molecule has 0 bridgehead atoms. The van der Waals surface area contributed by atoms with E-state index in [4.69, 9.17) is 0 Å². The van der Waals surface area contributed by atoms with E-state index in [1.807, 2.05) is 0 Å². The molecule has 0 aliphatic carbocycles. The second-order valence-corrected chi connectivity index (χ2v) is 9.17. The maximum absolute atomic E-state index is 11.3. The third-order valence-electron chi connectivity index (χ3n) is 2.46. The molecule has 0 spiro atoms. The summed E-state index contributed by atoms with van der Waals surface area (Å²) in [6.45, 7) is 5.28. The Balaban J connectivity index is 5.25. The SMILES string of the molecule is CCC(C)(P(C)(=O)O)P(C)(=O)O. The summed E-state index contributed by atoms with van der Waals surface area (Å²) in [7, 11) is -7.04. The maximum Gasteiger partial charge on any atom is 0.212 e. The van der Waals surface area contributed by atoms with Crippen molar-refractivity contribution in [1.82, 2.24) is 0 Å². The molecule has 0 aliphatic heterocycles. The highest BCUT2D eigenvalue weighted by Crippen LogP contribution is 2.70. The molecule has 0 amide bonds. The second-order valence-electron chi connectivity index (χ2n) is 3.33. The minimum absolute atomic E-state index is 0.224. The van der Waals surface area contributed by atoms with E-state index in [0.717, 1.165) is 13.3 Å². The van der Waals surface area contributed by atoms with E-state index in [1.54, 1.807) is 6.92 Å². The van der Waals surface area contributed by atoms with Gasteiger partial charge < -0.3 is 9.79 Å². The van der Waals surface area contributed by atoms with Crippen molar-refractivity contribution >= 4 is 14.7 Å². The van der Waals surface area contributed by atoms with Crippen LogP contribution in [-0.2, 0) is 9.13 Å². The third kappa shape index (κ3) is 2.00. The molecule has 0 radical (unpaired) electrons. The lowest BCUT2D eigenvalue weighted by atomic mass is 10.4. The third-order valence-corrected chi connectivity index (χ3v) is 8.89. The summed E-state index contributed by atoms with van der Waals surface area (Å²) < 4.78 is 22.7. The van der Waals surface area contributed by atoms with Gasteiger partial charge in [0.1, 0.15) is 4.90 Å². The molecule has 2 N–H and O–H groups in total. The lowest BCUT2D eigenvalue weighted by Gasteiger charge is -2.33. The van der Waals surface area contributed by atoms with E-state index in [2.05, 4.69) is 0 Å². The molecule has 2 unspecified atom stereocenters. The molecule has 0 rings (SSSR count). The first kappa shape index (κ1) is 12.4. The van der Waals surface area contributed by atoms with Crippen LogP contribution >= 0.6 is 14.7 Å². The first-order valence-corrected chi connectivity index (χ1v) is 7.88. The van der Waals surface area contributed by atoms with E-state index in [-0.39, 0.29) is 6.42 Å². The average molecular weight is 214 g/mol. The van der Waals surface area contributed by atoms with Gasteiger partial charge in [-0.15, -0.1) is 0 Å². The standard InChI is InChI=1S/C6H16O4P2/c1-5-6(2,11(3,7)8)12(4,9)10/h5H2,1-4H3,(H,7,8)(H,9,10). The van der Waals surface area contributed by atoms with Gasteiger partial charge in [0.05, 0.1) is 0 Å². The lowest BCUT2D eigenvalue weighted by molar-refractivity contribution is 0.426. The fourth-order valence-electron chi connectivity index (χ4n) is 0.931. The monoisotopic (exact) mass is 214 g/mol. The lowest BCUT2D eigenvalue weighted by Crippen LogP contribution is -2.23. The minimum atomic E-state index is -3.52. The molecule has 12 heavy (non-hydrogen) atoms. The van der Waals surface area contributed by atoms with Crippen molar-refractivity contribution in [2.45, 2.75) is 25.2 Å². The van der Waals surface area contributed by atoms with Crippen LogP contribution in [0.15, 0.2) is 0 Å². The van der Waals surface area contributed by atoms with E-state index in [0.29, 0.717) is 0 Å². The summed E-state index contributed by atoms with van der Waals surface area (Å²) in [5, 5.41) is 0. The highest BCUT2D eigenvalue weighted by atomic mass is 31.2. The molecule has 0 aromatic heterocycles. The van der Waals surface area contributed by atoms with E-state index in [1.165, 1.54) is 6.92 Å². The normalized spacial score (nSPS) is 26.8. The fraction of sp³-hybridized carbons (Fsp3) is 1.00. The Hall–Kier alpha value is 0.380. The van der Waals surface area contributed by atoms with Crippen molar-refractivity contribution in [2.24, 2.45) is 0 Å².